The molecule has 0 bridgehead atoms. The first-order valence-electron chi connectivity index (χ1n) is 10.8. The van der Waals surface area contributed by atoms with Gasteiger partial charge < -0.3 is 4.57 Å². The molecular formula is C26H22FN5OS. The van der Waals surface area contributed by atoms with Gasteiger partial charge in [-0.1, -0.05) is 18.2 Å². The maximum atomic E-state index is 13.3. The summed E-state index contributed by atoms with van der Waals surface area (Å²) < 4.78 is 15.5. The Hall–Kier alpha value is -3.78. The molecule has 1 aromatic heterocycles. The monoisotopic (exact) mass is 471 g/mol. The number of aliphatic imine (C=N–C) groups is 1. The van der Waals surface area contributed by atoms with Gasteiger partial charge in [0.15, 0.2) is 5.84 Å². The predicted molar refractivity (Wildman–Crippen MR) is 135 cm³/mol. The lowest BCUT2D eigenvalue weighted by Crippen LogP contribution is -2.35. The maximum Gasteiger partial charge on any atom is 0.283 e. The zero-order chi connectivity index (χ0) is 24.1. The van der Waals surface area contributed by atoms with Gasteiger partial charge in [-0.15, -0.1) is 0 Å². The number of carbonyl (C=O) groups is 1. The molecule has 3 aromatic rings. The van der Waals surface area contributed by atoms with E-state index < -0.39 is 5.91 Å². The lowest BCUT2D eigenvalue weighted by Gasteiger charge is -2.20. The Morgan fingerprint density at radius 2 is 1.71 bits per heavy atom. The third-order valence-corrected chi connectivity index (χ3v) is 6.94. The van der Waals surface area contributed by atoms with Crippen LogP contribution in [0.3, 0.4) is 0 Å². The Bertz CT molecular complexity index is 1440. The minimum atomic E-state index is -0.476. The summed E-state index contributed by atoms with van der Waals surface area (Å²) >= 11 is 1.19. The van der Waals surface area contributed by atoms with Crippen molar-refractivity contribution in [3.05, 3.63) is 93.6 Å². The van der Waals surface area contributed by atoms with Crippen LogP contribution in [0.2, 0.25) is 0 Å². The molecule has 0 unspecified atom stereocenters. The number of nitrogens with zero attached hydrogens (tertiary/aromatic N) is 4. The van der Waals surface area contributed by atoms with E-state index in [-0.39, 0.29) is 17.2 Å². The number of fused-ring (bicyclic) bond motifs is 1. The molecule has 2 aliphatic rings. The molecule has 3 heterocycles. The van der Waals surface area contributed by atoms with Crippen LogP contribution in [0.5, 0.6) is 0 Å². The molecule has 5 rings (SSSR count). The highest BCUT2D eigenvalue weighted by Gasteiger charge is 2.36. The molecule has 1 N–H and O–H groups in total. The van der Waals surface area contributed by atoms with Crippen molar-refractivity contribution in [2.75, 3.05) is 0 Å². The van der Waals surface area contributed by atoms with Gasteiger partial charge in [-0.3, -0.25) is 10.2 Å². The van der Waals surface area contributed by atoms with Crippen LogP contribution >= 0.6 is 11.8 Å². The summed E-state index contributed by atoms with van der Waals surface area (Å²) in [6.07, 6.45) is 1.72. The third kappa shape index (κ3) is 3.60. The van der Waals surface area contributed by atoms with Crippen LogP contribution in [-0.2, 0) is 4.79 Å². The van der Waals surface area contributed by atoms with Gasteiger partial charge in [0, 0.05) is 17.0 Å². The molecule has 8 heteroatoms. The third-order valence-electron chi connectivity index (χ3n) is 5.98. The number of amides is 1. The zero-order valence-electron chi connectivity index (χ0n) is 19.2. The second-order valence-electron chi connectivity index (χ2n) is 8.33. The van der Waals surface area contributed by atoms with Crippen molar-refractivity contribution in [1.82, 2.24) is 9.58 Å². The topological polar surface area (TPSA) is 73.8 Å². The van der Waals surface area contributed by atoms with E-state index in [9.17, 15) is 9.18 Å². The van der Waals surface area contributed by atoms with Crippen LogP contribution in [-0.4, -0.2) is 31.5 Å². The van der Waals surface area contributed by atoms with E-state index in [1.165, 1.54) is 28.9 Å². The van der Waals surface area contributed by atoms with Crippen LogP contribution in [0.4, 0.5) is 4.39 Å². The SMILES string of the molecule is Cc1cccc(C)c1-n1c(C)cc(/C=C2\C(=N)N3N=C(c4ccc(F)cc4)SC3=NC2=O)c1C. The Labute approximate surface area is 201 Å². The average Bonchev–Trinajstić information content (AvgIpc) is 3.33. The van der Waals surface area contributed by atoms with Gasteiger partial charge in [0.2, 0.25) is 5.17 Å². The van der Waals surface area contributed by atoms with Gasteiger partial charge in [-0.25, -0.2) is 4.39 Å². The molecule has 0 atom stereocenters. The number of para-hydroxylation sites is 1. The maximum absolute atomic E-state index is 13.3. The normalized spacial score (nSPS) is 16.7. The number of nitrogens with one attached hydrogen (secondary N) is 1. The van der Waals surface area contributed by atoms with Crippen molar-refractivity contribution in [3.63, 3.8) is 0 Å². The molecular weight excluding hydrogens is 449 g/mol. The quantitative estimate of drug-likeness (QED) is 0.512. The number of carbonyl (C=O) groups excluding carboxylic acids is 1. The predicted octanol–water partition coefficient (Wildman–Crippen LogP) is 5.52. The highest BCUT2D eigenvalue weighted by Crippen LogP contribution is 2.32. The molecule has 0 radical (unpaired) electrons. The van der Waals surface area contributed by atoms with Crippen molar-refractivity contribution in [3.8, 4) is 5.69 Å². The second-order valence-corrected chi connectivity index (χ2v) is 9.29. The van der Waals surface area contributed by atoms with E-state index in [1.807, 2.05) is 26.0 Å². The van der Waals surface area contributed by atoms with E-state index in [1.54, 1.807) is 18.2 Å². The first-order chi connectivity index (χ1) is 16.2. The molecule has 0 aliphatic carbocycles. The zero-order valence-corrected chi connectivity index (χ0v) is 20.0. The van der Waals surface area contributed by atoms with E-state index in [2.05, 4.69) is 40.6 Å². The molecule has 2 aromatic carbocycles. The van der Waals surface area contributed by atoms with Crippen LogP contribution < -0.4 is 0 Å². The molecule has 0 spiro atoms. The van der Waals surface area contributed by atoms with Crippen LogP contribution in [0, 0.1) is 38.9 Å². The van der Waals surface area contributed by atoms with Gasteiger partial charge in [0.05, 0.1) is 11.3 Å². The number of thioether (sulfide) groups is 1. The fraction of sp³-hybridized carbons (Fsp3) is 0.154. The molecule has 0 saturated heterocycles. The van der Waals surface area contributed by atoms with Gasteiger partial charge in [-0.05, 0) is 92.6 Å². The van der Waals surface area contributed by atoms with Crippen molar-refractivity contribution in [2.24, 2.45) is 10.1 Å². The first-order valence-corrected chi connectivity index (χ1v) is 11.6. The Morgan fingerprint density at radius 1 is 1.03 bits per heavy atom. The lowest BCUT2D eigenvalue weighted by molar-refractivity contribution is -0.114. The van der Waals surface area contributed by atoms with E-state index >= 15 is 0 Å². The molecule has 34 heavy (non-hydrogen) atoms. The lowest BCUT2D eigenvalue weighted by atomic mass is 10.1. The fourth-order valence-electron chi connectivity index (χ4n) is 4.29. The Morgan fingerprint density at radius 3 is 2.38 bits per heavy atom. The highest BCUT2D eigenvalue weighted by atomic mass is 32.2. The molecule has 2 aliphatic heterocycles. The summed E-state index contributed by atoms with van der Waals surface area (Å²) in [6, 6.07) is 14.2. The number of hydrogen-bond donors (Lipinski definition) is 1. The number of halogens is 1. The summed E-state index contributed by atoms with van der Waals surface area (Å²) in [4.78, 5) is 17.0. The minimum absolute atomic E-state index is 0.0310. The molecule has 1 amide bonds. The van der Waals surface area contributed by atoms with E-state index in [4.69, 9.17) is 5.41 Å². The summed E-state index contributed by atoms with van der Waals surface area (Å²) in [5, 5.41) is 15.4. The smallest absolute Gasteiger partial charge is 0.283 e. The molecule has 0 saturated carbocycles. The number of rotatable bonds is 3. The van der Waals surface area contributed by atoms with Gasteiger partial charge in [-0.2, -0.15) is 15.1 Å². The number of amidine groups is 2. The summed E-state index contributed by atoms with van der Waals surface area (Å²) in [7, 11) is 0. The summed E-state index contributed by atoms with van der Waals surface area (Å²) in [5.41, 5.74) is 7.18. The Kier molecular flexibility index (Phi) is 5.32. The number of hydrazone groups is 1. The first kappa shape index (κ1) is 22.0. The summed E-state index contributed by atoms with van der Waals surface area (Å²) in [6.45, 7) is 8.20. The fourth-order valence-corrected chi connectivity index (χ4v) is 5.19. The van der Waals surface area contributed by atoms with Crippen molar-refractivity contribution in [2.45, 2.75) is 27.7 Å². The standard InChI is InChI=1S/C26H22FN5OS/c1-14-6-5-7-15(2)22(14)31-16(3)12-19(17(31)4)13-21-23(28)32-26(29-24(21)33)34-25(30-32)18-8-10-20(27)11-9-18/h5-13,28H,1-4H3/b21-13+,28-23?. The molecule has 6 nitrogen and oxygen atoms in total. The van der Waals surface area contributed by atoms with Crippen molar-refractivity contribution >= 4 is 39.8 Å². The Balaban J connectivity index is 1.53. The van der Waals surface area contributed by atoms with Crippen molar-refractivity contribution in [1.29, 1.82) is 5.41 Å². The number of aryl methyl sites for hydroxylation is 3. The van der Waals surface area contributed by atoms with Crippen molar-refractivity contribution < 1.29 is 9.18 Å². The number of hydrogen-bond acceptors (Lipinski definition) is 4. The van der Waals surface area contributed by atoms with E-state index in [0.29, 0.717) is 15.8 Å². The van der Waals surface area contributed by atoms with Crippen LogP contribution in [0.15, 0.2) is 64.2 Å². The second kappa shape index (κ2) is 8.22. The minimum Gasteiger partial charge on any atom is -0.317 e. The average molecular weight is 472 g/mol. The summed E-state index contributed by atoms with van der Waals surface area (Å²) in [5.74, 6) is -0.846. The van der Waals surface area contributed by atoms with E-state index in [0.717, 1.165) is 33.8 Å². The number of benzene rings is 2. The largest absolute Gasteiger partial charge is 0.317 e. The van der Waals surface area contributed by atoms with Gasteiger partial charge in [0.25, 0.3) is 5.91 Å². The van der Waals surface area contributed by atoms with Crippen LogP contribution in [0.25, 0.3) is 11.8 Å². The van der Waals surface area contributed by atoms with Gasteiger partial charge >= 0.3 is 0 Å². The highest BCUT2D eigenvalue weighted by molar-refractivity contribution is 8.27. The number of aromatic nitrogens is 1. The molecule has 170 valence electrons. The molecule has 0 fully saturated rings. The van der Waals surface area contributed by atoms with Gasteiger partial charge in [0.1, 0.15) is 10.9 Å². The van der Waals surface area contributed by atoms with Crippen LogP contribution in [0.1, 0.15) is 33.6 Å².